The molecule has 1 amide bonds. The van der Waals surface area contributed by atoms with Crippen LogP contribution in [0.5, 0.6) is 0 Å². The lowest BCUT2D eigenvalue weighted by molar-refractivity contribution is 0.0598. The molecule has 1 aliphatic heterocycles. The minimum atomic E-state index is -0.243. The van der Waals surface area contributed by atoms with Crippen LogP contribution in [-0.4, -0.2) is 68.3 Å². The Balaban J connectivity index is 1.18. The fraction of sp³-hybridized carbons (Fsp3) is 0.514. The summed E-state index contributed by atoms with van der Waals surface area (Å²) in [5.41, 5.74) is 4.43. The van der Waals surface area contributed by atoms with E-state index in [9.17, 15) is 9.59 Å². The lowest BCUT2D eigenvalue weighted by Crippen LogP contribution is -2.42. The minimum Gasteiger partial charge on any atom is -0.465 e. The Morgan fingerprint density at radius 2 is 1.77 bits per heavy atom. The average molecular weight is 585 g/mol. The Kier molecular flexibility index (Phi) is 11.1. The summed E-state index contributed by atoms with van der Waals surface area (Å²) in [6.07, 6.45) is 15.7. The number of piperidine rings is 1. The number of carbonyl (C=O) groups is 2. The largest absolute Gasteiger partial charge is 0.465 e. The topological polar surface area (TPSA) is 59.1 Å². The van der Waals surface area contributed by atoms with Gasteiger partial charge in [-0.25, -0.2) is 9.59 Å². The summed E-state index contributed by atoms with van der Waals surface area (Å²) in [4.78, 5) is 29.8. The van der Waals surface area contributed by atoms with Gasteiger partial charge in [0.2, 0.25) is 0 Å². The van der Waals surface area contributed by atoms with E-state index in [1.165, 1.54) is 24.7 Å². The second-order valence-electron chi connectivity index (χ2n) is 12.5. The van der Waals surface area contributed by atoms with Gasteiger partial charge in [0.1, 0.15) is 6.61 Å². The molecule has 2 aliphatic carbocycles. The first-order valence-corrected chi connectivity index (χ1v) is 16.2. The molecule has 6 nitrogen and oxygen atoms in total. The number of nitrogens with zero attached hydrogens (tertiary/aromatic N) is 2. The van der Waals surface area contributed by atoms with Crippen molar-refractivity contribution >= 4 is 12.1 Å². The van der Waals surface area contributed by atoms with Crippen LogP contribution in [0.3, 0.4) is 0 Å². The highest BCUT2D eigenvalue weighted by atomic mass is 16.6. The Morgan fingerprint density at radius 3 is 2.51 bits per heavy atom. The van der Waals surface area contributed by atoms with Crippen LogP contribution >= 0.6 is 0 Å². The van der Waals surface area contributed by atoms with Gasteiger partial charge in [0.05, 0.1) is 12.7 Å². The van der Waals surface area contributed by atoms with Crippen molar-refractivity contribution in [3.05, 3.63) is 95.1 Å². The van der Waals surface area contributed by atoms with Crippen molar-refractivity contribution < 1.29 is 19.1 Å². The third-order valence-corrected chi connectivity index (χ3v) is 9.95. The number of methoxy groups -OCH3 is 1. The number of amides is 1. The van der Waals surface area contributed by atoms with Crippen LogP contribution in [0.1, 0.15) is 91.1 Å². The number of rotatable bonds is 10. The summed E-state index contributed by atoms with van der Waals surface area (Å²) in [5.74, 6) is 1.14. The van der Waals surface area contributed by atoms with Gasteiger partial charge in [-0.05, 0) is 112 Å². The van der Waals surface area contributed by atoms with Crippen LogP contribution < -0.4 is 0 Å². The quantitative estimate of drug-likeness (QED) is 0.268. The Morgan fingerprint density at radius 1 is 1.00 bits per heavy atom. The van der Waals surface area contributed by atoms with E-state index in [1.54, 1.807) is 0 Å². The molecule has 2 aromatic carbocycles. The zero-order valence-electron chi connectivity index (χ0n) is 26.0. The second-order valence-corrected chi connectivity index (χ2v) is 12.5. The third kappa shape index (κ3) is 8.17. The number of allylic oxidation sites excluding steroid dienone is 3. The standard InChI is InChI=1S/C37H48N2O4/c1-38(37(41)43-27-28-12-5-3-6-13-28)32-17-11-16-31(26-32)33(29-14-7-4-8-15-29)22-25-39-23-20-30(21-24-39)34-18-9-10-19-35(34)36(40)42-2/h3-5,7-10,12,14-15,18-19,30-33H,6,11,13,16-17,20-27H2,1-2H3. The zero-order chi connectivity index (χ0) is 30.0. The van der Waals surface area contributed by atoms with Crippen LogP contribution in [-0.2, 0) is 9.47 Å². The number of likely N-dealkylation sites (tertiary alicyclic amines) is 1. The Hall–Kier alpha value is -3.38. The van der Waals surface area contributed by atoms with Crippen molar-refractivity contribution in [2.24, 2.45) is 5.92 Å². The fourth-order valence-corrected chi connectivity index (χ4v) is 7.41. The minimum absolute atomic E-state index is 0.200. The number of carbonyl (C=O) groups excluding carboxylic acids is 2. The van der Waals surface area contributed by atoms with Crippen LogP contribution in [0, 0.1) is 5.92 Å². The van der Waals surface area contributed by atoms with Crippen molar-refractivity contribution in [3.8, 4) is 0 Å². The molecule has 1 heterocycles. The summed E-state index contributed by atoms with van der Waals surface area (Å²) in [6.45, 7) is 3.53. The van der Waals surface area contributed by atoms with Crippen molar-refractivity contribution in [2.75, 3.05) is 40.4 Å². The van der Waals surface area contributed by atoms with Gasteiger partial charge in [0.25, 0.3) is 0 Å². The van der Waals surface area contributed by atoms with Gasteiger partial charge in [0.15, 0.2) is 0 Å². The lowest BCUT2D eigenvalue weighted by Gasteiger charge is -2.39. The highest BCUT2D eigenvalue weighted by Gasteiger charge is 2.34. The van der Waals surface area contributed by atoms with Gasteiger partial charge < -0.3 is 19.3 Å². The second kappa shape index (κ2) is 15.4. The third-order valence-electron chi connectivity index (χ3n) is 9.95. The summed E-state index contributed by atoms with van der Waals surface area (Å²) in [5, 5.41) is 0. The number of hydrogen-bond donors (Lipinski definition) is 0. The SMILES string of the molecule is COC(=O)c1ccccc1C1CCN(CCC(c2ccccc2)C2CCCC(N(C)C(=O)OCC3=CC=CCC3)C2)CC1. The molecule has 0 aromatic heterocycles. The lowest BCUT2D eigenvalue weighted by atomic mass is 9.73. The van der Waals surface area contributed by atoms with Gasteiger partial charge in [0, 0.05) is 13.1 Å². The maximum atomic E-state index is 13.0. The maximum absolute atomic E-state index is 13.0. The predicted octanol–water partition coefficient (Wildman–Crippen LogP) is 7.73. The molecule has 3 atom stereocenters. The van der Waals surface area contributed by atoms with Crippen molar-refractivity contribution in [1.29, 1.82) is 0 Å². The van der Waals surface area contributed by atoms with E-state index >= 15 is 0 Å². The monoisotopic (exact) mass is 584 g/mol. The van der Waals surface area contributed by atoms with Crippen LogP contribution in [0.15, 0.2) is 78.4 Å². The molecule has 2 aromatic rings. The van der Waals surface area contributed by atoms with E-state index in [0.717, 1.165) is 76.6 Å². The highest BCUT2D eigenvalue weighted by Crippen LogP contribution is 2.40. The Bertz CT molecular complexity index is 1260. The summed E-state index contributed by atoms with van der Waals surface area (Å²) < 4.78 is 10.8. The van der Waals surface area contributed by atoms with Crippen molar-refractivity contribution in [2.45, 2.75) is 75.7 Å². The van der Waals surface area contributed by atoms with Crippen molar-refractivity contribution in [3.63, 3.8) is 0 Å². The van der Waals surface area contributed by atoms with Crippen LogP contribution in [0.2, 0.25) is 0 Å². The molecule has 0 spiro atoms. The molecule has 1 saturated heterocycles. The Labute approximate surface area is 257 Å². The van der Waals surface area contributed by atoms with E-state index in [4.69, 9.17) is 9.47 Å². The molecule has 1 saturated carbocycles. The van der Waals surface area contributed by atoms with Gasteiger partial charge in [-0.3, -0.25) is 0 Å². The van der Waals surface area contributed by atoms with Crippen LogP contribution in [0.25, 0.3) is 0 Å². The van der Waals surface area contributed by atoms with Crippen LogP contribution in [0.4, 0.5) is 4.79 Å². The number of ether oxygens (including phenoxy) is 2. The first-order valence-electron chi connectivity index (χ1n) is 16.2. The first-order chi connectivity index (χ1) is 21.0. The first kappa shape index (κ1) is 31.1. The molecule has 43 heavy (non-hydrogen) atoms. The predicted molar refractivity (Wildman–Crippen MR) is 171 cm³/mol. The van der Waals surface area contributed by atoms with Gasteiger partial charge >= 0.3 is 12.1 Å². The normalized spacial score (nSPS) is 22.0. The van der Waals surface area contributed by atoms with E-state index < -0.39 is 0 Å². The fourth-order valence-electron chi connectivity index (χ4n) is 7.41. The molecule has 5 rings (SSSR count). The summed E-state index contributed by atoms with van der Waals surface area (Å²) >= 11 is 0. The summed E-state index contributed by atoms with van der Waals surface area (Å²) in [7, 11) is 3.38. The number of esters is 1. The molecule has 0 radical (unpaired) electrons. The molecule has 6 heteroatoms. The highest BCUT2D eigenvalue weighted by molar-refractivity contribution is 5.91. The van der Waals surface area contributed by atoms with Crippen molar-refractivity contribution in [1.82, 2.24) is 9.80 Å². The smallest absolute Gasteiger partial charge is 0.410 e. The van der Waals surface area contributed by atoms with E-state index in [1.807, 2.05) is 30.1 Å². The van der Waals surface area contributed by atoms with Gasteiger partial charge in [-0.2, -0.15) is 0 Å². The molecule has 0 bridgehead atoms. The number of hydrogen-bond acceptors (Lipinski definition) is 5. The van der Waals surface area contributed by atoms with Gasteiger partial charge in [-0.15, -0.1) is 0 Å². The molecule has 0 N–H and O–H groups in total. The zero-order valence-corrected chi connectivity index (χ0v) is 26.0. The molecular weight excluding hydrogens is 536 g/mol. The molecular formula is C37H48N2O4. The van der Waals surface area contributed by atoms with Gasteiger partial charge in [-0.1, -0.05) is 73.2 Å². The van der Waals surface area contributed by atoms with E-state index in [2.05, 4.69) is 59.5 Å². The van der Waals surface area contributed by atoms with E-state index in [0.29, 0.717) is 29.9 Å². The van der Waals surface area contributed by atoms with E-state index in [-0.39, 0.29) is 18.1 Å². The molecule has 3 unspecified atom stereocenters. The maximum Gasteiger partial charge on any atom is 0.410 e. The summed E-state index contributed by atoms with van der Waals surface area (Å²) in [6, 6.07) is 19.1. The average Bonchev–Trinajstić information content (AvgIpc) is 3.08. The molecule has 2 fully saturated rings. The number of benzene rings is 2. The molecule has 230 valence electrons. The molecule has 3 aliphatic rings.